The highest BCUT2D eigenvalue weighted by Gasteiger charge is 2.68. The summed E-state index contributed by atoms with van der Waals surface area (Å²) in [5.74, 6) is 0. The maximum atomic E-state index is 14.9. The number of nitrogens with one attached hydrogen (secondary N) is 1. The maximum Gasteiger partial charge on any atom is 0.510 e. The van der Waals surface area contributed by atoms with Crippen molar-refractivity contribution in [3.8, 4) is 0 Å². The molecule has 0 saturated carbocycles. The number of aromatic amines is 1. The second-order valence-electron chi connectivity index (χ2n) is 10.3. The van der Waals surface area contributed by atoms with Gasteiger partial charge in [-0.1, -0.05) is 0 Å². The van der Waals surface area contributed by atoms with E-state index >= 15 is 0 Å². The highest BCUT2D eigenvalue weighted by Crippen LogP contribution is 2.56. The fourth-order valence-corrected chi connectivity index (χ4v) is 5.69. The number of rotatable bonds is 13. The van der Waals surface area contributed by atoms with Crippen molar-refractivity contribution >= 4 is 20.1 Å². The Labute approximate surface area is 245 Å². The molecule has 2 fully saturated rings. The van der Waals surface area contributed by atoms with Crippen LogP contribution in [-0.2, 0) is 51.3 Å². The molecule has 0 amide bonds. The number of fused-ring (bicyclic) bond motifs is 1. The predicted octanol–water partition coefficient (Wildman–Crippen LogP) is 2.88. The largest absolute Gasteiger partial charge is 0.510 e. The Morgan fingerprint density at radius 2 is 1.60 bits per heavy atom. The molecule has 6 atom stereocenters. The van der Waals surface area contributed by atoms with E-state index in [1.807, 2.05) is 0 Å². The number of aromatic nitrogens is 2. The van der Waals surface area contributed by atoms with Gasteiger partial charge in [-0.15, -0.1) is 0 Å². The molecule has 17 nitrogen and oxygen atoms in total. The van der Waals surface area contributed by atoms with Crippen molar-refractivity contribution in [3.63, 3.8) is 0 Å². The molecule has 1 aromatic heterocycles. The van der Waals surface area contributed by atoms with Gasteiger partial charge in [0.25, 0.3) is 5.56 Å². The lowest BCUT2D eigenvalue weighted by Gasteiger charge is -2.32. The topological polar surface area (TPSA) is 198 Å². The Morgan fingerprint density at radius 1 is 1.05 bits per heavy atom. The summed E-state index contributed by atoms with van der Waals surface area (Å²) in [5.41, 5.74) is -5.12. The summed E-state index contributed by atoms with van der Waals surface area (Å²) in [5, 5.41) is 0. The number of halogens is 1. The SMILES string of the molecule is CC(C)OC(=O)OC(C)OP(=O)(OC[C@@]1(CF)O[C@@H](n2ccc(=O)[nH]c2=O)[C@]2(C)OCO[C@H]12)OC(C)OC(=O)OC(C)C. The van der Waals surface area contributed by atoms with Crippen molar-refractivity contribution in [2.24, 2.45) is 0 Å². The number of hydrogen-bond donors (Lipinski definition) is 1. The fourth-order valence-electron chi connectivity index (χ4n) is 4.33. The quantitative estimate of drug-likeness (QED) is 0.187. The molecule has 43 heavy (non-hydrogen) atoms. The van der Waals surface area contributed by atoms with Gasteiger partial charge in [0.1, 0.15) is 25.2 Å². The van der Waals surface area contributed by atoms with Crippen LogP contribution in [0, 0.1) is 0 Å². The van der Waals surface area contributed by atoms with Gasteiger partial charge in [-0.3, -0.25) is 18.9 Å². The number of H-pyrrole nitrogens is 1. The first-order valence-electron chi connectivity index (χ1n) is 13.2. The molecule has 0 aromatic carbocycles. The first-order valence-corrected chi connectivity index (χ1v) is 14.7. The van der Waals surface area contributed by atoms with E-state index in [9.17, 15) is 28.1 Å². The van der Waals surface area contributed by atoms with Crippen LogP contribution in [0.3, 0.4) is 0 Å². The monoisotopic (exact) mass is 642 g/mol. The molecular weight excluding hydrogens is 606 g/mol. The molecule has 2 unspecified atom stereocenters. The van der Waals surface area contributed by atoms with Crippen LogP contribution in [0.25, 0.3) is 0 Å². The first-order chi connectivity index (χ1) is 20.0. The summed E-state index contributed by atoms with van der Waals surface area (Å²) in [7, 11) is -4.91. The molecule has 2 saturated heterocycles. The molecule has 1 N–H and O–H groups in total. The average Bonchev–Trinajstić information content (AvgIpc) is 3.36. The Morgan fingerprint density at radius 3 is 2.09 bits per heavy atom. The van der Waals surface area contributed by atoms with Gasteiger partial charge in [-0.2, -0.15) is 0 Å². The van der Waals surface area contributed by atoms with E-state index in [-0.39, 0.29) is 6.79 Å². The smallest absolute Gasteiger partial charge is 0.432 e. The number of hydrogen-bond acceptors (Lipinski definition) is 15. The van der Waals surface area contributed by atoms with E-state index in [1.54, 1.807) is 27.7 Å². The minimum Gasteiger partial charge on any atom is -0.432 e. The number of nitrogens with zero attached hydrogens (tertiary/aromatic N) is 1. The zero-order chi connectivity index (χ0) is 32.2. The van der Waals surface area contributed by atoms with Gasteiger partial charge in [0, 0.05) is 12.3 Å². The van der Waals surface area contributed by atoms with Crippen LogP contribution in [0.2, 0.25) is 0 Å². The Balaban J connectivity index is 1.87. The molecule has 0 radical (unpaired) electrons. The van der Waals surface area contributed by atoms with E-state index in [1.165, 1.54) is 20.8 Å². The Kier molecular flexibility index (Phi) is 11.1. The van der Waals surface area contributed by atoms with Gasteiger partial charge in [0.2, 0.25) is 12.6 Å². The van der Waals surface area contributed by atoms with Gasteiger partial charge in [0.15, 0.2) is 11.8 Å². The van der Waals surface area contributed by atoms with Gasteiger partial charge in [-0.25, -0.2) is 32.4 Å². The average molecular weight is 643 g/mol. The lowest BCUT2D eigenvalue weighted by atomic mass is 9.88. The van der Waals surface area contributed by atoms with Crippen molar-refractivity contribution in [3.05, 3.63) is 33.1 Å². The minimum absolute atomic E-state index is 0.322. The molecule has 2 aliphatic rings. The third-order valence-corrected chi connectivity index (χ3v) is 7.54. The van der Waals surface area contributed by atoms with Crippen molar-refractivity contribution in [2.45, 2.75) is 96.8 Å². The highest BCUT2D eigenvalue weighted by atomic mass is 31.2. The number of alkyl halides is 1. The molecule has 3 heterocycles. The van der Waals surface area contributed by atoms with Crippen LogP contribution in [0.1, 0.15) is 54.7 Å². The molecule has 19 heteroatoms. The van der Waals surface area contributed by atoms with Crippen LogP contribution in [0.15, 0.2) is 21.9 Å². The van der Waals surface area contributed by atoms with Crippen LogP contribution < -0.4 is 11.2 Å². The minimum atomic E-state index is -4.91. The Hall–Kier alpha value is -2.86. The summed E-state index contributed by atoms with van der Waals surface area (Å²) in [4.78, 5) is 50.1. The standard InChI is InChI=1S/C24H36FN2O15P/c1-13(2)36-21(30)38-15(5)41-43(32,42-16(6)39-22(31)37-14(3)4)35-11-24(10-25)18-23(7,34-12-33-18)19(40-24)27-9-8-17(28)26-20(27)29/h8-9,13-16,18-19H,10-12H2,1-7H3,(H,26,28,29)/t15?,16?,18-,19+,23+,24+,43?/m0/s1. The van der Waals surface area contributed by atoms with Gasteiger partial charge >= 0.3 is 25.8 Å². The summed E-state index contributed by atoms with van der Waals surface area (Å²) >= 11 is 0. The molecule has 0 aliphatic carbocycles. The molecule has 244 valence electrons. The summed E-state index contributed by atoms with van der Waals surface area (Å²) in [6.45, 7) is 7.54. The molecule has 1 aromatic rings. The third kappa shape index (κ3) is 8.41. The number of phosphoric ester groups is 1. The second kappa shape index (κ2) is 13.8. The zero-order valence-corrected chi connectivity index (χ0v) is 25.5. The lowest BCUT2D eigenvalue weighted by Crippen LogP contribution is -2.51. The number of carbonyl (C=O) groups excluding carboxylic acids is 2. The summed E-state index contributed by atoms with van der Waals surface area (Å²) in [6.07, 6.45) is -8.10. The van der Waals surface area contributed by atoms with Crippen molar-refractivity contribution < 1.29 is 65.3 Å². The lowest BCUT2D eigenvalue weighted by molar-refractivity contribution is -0.181. The number of phosphoric acid groups is 1. The molecular formula is C24H36FN2O15P. The van der Waals surface area contributed by atoms with E-state index in [0.29, 0.717) is 0 Å². The van der Waals surface area contributed by atoms with Crippen molar-refractivity contribution in [2.75, 3.05) is 20.1 Å². The number of ether oxygens (including phenoxy) is 7. The molecule has 0 bridgehead atoms. The molecule has 3 rings (SSSR count). The van der Waals surface area contributed by atoms with Crippen LogP contribution >= 0.6 is 7.82 Å². The number of carbonyl (C=O) groups is 2. The van der Waals surface area contributed by atoms with E-state index in [4.69, 9.17) is 46.7 Å². The normalized spacial score (nSPS) is 27.8. The Bertz CT molecular complexity index is 1270. The first kappa shape index (κ1) is 34.6. The predicted molar refractivity (Wildman–Crippen MR) is 139 cm³/mol. The third-order valence-electron chi connectivity index (χ3n) is 5.98. The van der Waals surface area contributed by atoms with Crippen molar-refractivity contribution in [1.82, 2.24) is 9.55 Å². The van der Waals surface area contributed by atoms with Crippen molar-refractivity contribution in [1.29, 1.82) is 0 Å². The van der Waals surface area contributed by atoms with E-state index in [2.05, 4.69) is 4.98 Å². The van der Waals surface area contributed by atoms with Gasteiger partial charge in [0.05, 0.1) is 18.8 Å². The molecule has 0 spiro atoms. The fraction of sp³-hybridized carbons (Fsp3) is 0.750. The van der Waals surface area contributed by atoms with E-state index < -0.39 is 93.0 Å². The zero-order valence-electron chi connectivity index (χ0n) is 24.6. The molecule has 2 aliphatic heterocycles. The van der Waals surface area contributed by atoms with Crippen LogP contribution in [0.5, 0.6) is 0 Å². The summed E-state index contributed by atoms with van der Waals surface area (Å²) in [6, 6.07) is 1.05. The second-order valence-corrected chi connectivity index (χ2v) is 11.9. The van der Waals surface area contributed by atoms with Gasteiger partial charge < -0.3 is 33.2 Å². The highest BCUT2D eigenvalue weighted by molar-refractivity contribution is 7.48. The van der Waals surface area contributed by atoms with Crippen LogP contribution in [0.4, 0.5) is 14.0 Å². The summed E-state index contributed by atoms with van der Waals surface area (Å²) < 4.78 is 82.4. The maximum absolute atomic E-state index is 14.9. The van der Waals surface area contributed by atoms with Gasteiger partial charge in [-0.05, 0) is 48.5 Å². The van der Waals surface area contributed by atoms with E-state index in [0.717, 1.165) is 16.8 Å². The van der Waals surface area contributed by atoms with Crippen LogP contribution in [-0.4, -0.2) is 84.0 Å².